The van der Waals surface area contributed by atoms with Gasteiger partial charge in [-0.2, -0.15) is 0 Å². The van der Waals surface area contributed by atoms with Crippen molar-refractivity contribution < 1.29 is 9.72 Å². The molecule has 0 unspecified atom stereocenters. The summed E-state index contributed by atoms with van der Waals surface area (Å²) in [5.74, 6) is -0.619. The number of carbonyl (C=O) groups excluding carboxylic acids is 1. The van der Waals surface area contributed by atoms with Gasteiger partial charge in [-0.3, -0.25) is 14.9 Å². The van der Waals surface area contributed by atoms with Crippen LogP contribution in [0.5, 0.6) is 0 Å². The topological polar surface area (TPSA) is 98.3 Å². The lowest BCUT2D eigenvalue weighted by atomic mass is 10.1. The van der Waals surface area contributed by atoms with Gasteiger partial charge in [0.15, 0.2) is 0 Å². The van der Waals surface area contributed by atoms with Crippen molar-refractivity contribution in [3.8, 4) is 0 Å². The fraction of sp³-hybridized carbons (Fsp3) is 0.0714. The van der Waals surface area contributed by atoms with E-state index in [9.17, 15) is 14.9 Å². The molecule has 0 aromatic heterocycles. The van der Waals surface area contributed by atoms with E-state index in [0.717, 1.165) is 5.56 Å². The lowest BCUT2D eigenvalue weighted by molar-refractivity contribution is -0.384. The first-order valence-electron chi connectivity index (χ1n) is 6.04. The van der Waals surface area contributed by atoms with Crippen LogP contribution in [-0.2, 0) is 6.54 Å². The molecule has 0 spiro atoms. The first kappa shape index (κ1) is 14.8. The van der Waals surface area contributed by atoms with Crippen LogP contribution >= 0.6 is 11.6 Å². The molecule has 2 aromatic carbocycles. The second kappa shape index (κ2) is 6.23. The molecule has 2 aromatic rings. The molecular weight excluding hydrogens is 294 g/mol. The largest absolute Gasteiger partial charge is 0.380 e. The SMILES string of the molecule is NC(=O)c1c(Cl)cccc1NCc1ccc([N+](=O)[O-])cc1. The van der Waals surface area contributed by atoms with Crippen LogP contribution in [0.15, 0.2) is 42.5 Å². The summed E-state index contributed by atoms with van der Waals surface area (Å²) in [5, 5.41) is 13.9. The molecule has 0 heterocycles. The van der Waals surface area contributed by atoms with Crippen LogP contribution in [0.1, 0.15) is 15.9 Å². The fourth-order valence-electron chi connectivity index (χ4n) is 1.85. The molecule has 0 bridgehead atoms. The maximum absolute atomic E-state index is 11.4. The van der Waals surface area contributed by atoms with Crippen LogP contribution in [0.25, 0.3) is 0 Å². The van der Waals surface area contributed by atoms with E-state index in [4.69, 9.17) is 17.3 Å². The Morgan fingerprint density at radius 1 is 1.24 bits per heavy atom. The van der Waals surface area contributed by atoms with Crippen molar-refractivity contribution in [2.45, 2.75) is 6.54 Å². The third-order valence-corrected chi connectivity index (χ3v) is 3.21. The van der Waals surface area contributed by atoms with Gasteiger partial charge in [0.1, 0.15) is 0 Å². The molecule has 0 radical (unpaired) electrons. The van der Waals surface area contributed by atoms with Crippen molar-refractivity contribution in [3.63, 3.8) is 0 Å². The molecule has 0 aliphatic rings. The number of nitrogens with one attached hydrogen (secondary N) is 1. The molecule has 0 aliphatic carbocycles. The first-order chi connectivity index (χ1) is 9.99. The van der Waals surface area contributed by atoms with E-state index in [0.29, 0.717) is 12.2 Å². The van der Waals surface area contributed by atoms with Crippen LogP contribution < -0.4 is 11.1 Å². The van der Waals surface area contributed by atoms with Gasteiger partial charge >= 0.3 is 0 Å². The second-order valence-corrected chi connectivity index (χ2v) is 4.71. The van der Waals surface area contributed by atoms with Gasteiger partial charge in [0.25, 0.3) is 11.6 Å². The molecule has 0 aliphatic heterocycles. The van der Waals surface area contributed by atoms with Gasteiger partial charge in [-0.05, 0) is 17.7 Å². The average Bonchev–Trinajstić information content (AvgIpc) is 2.45. The van der Waals surface area contributed by atoms with E-state index < -0.39 is 10.8 Å². The fourth-order valence-corrected chi connectivity index (χ4v) is 2.12. The number of benzene rings is 2. The zero-order valence-corrected chi connectivity index (χ0v) is 11.6. The summed E-state index contributed by atoms with van der Waals surface area (Å²) in [6, 6.07) is 11.1. The predicted molar refractivity (Wildman–Crippen MR) is 80.4 cm³/mol. The molecule has 108 valence electrons. The molecule has 3 N–H and O–H groups in total. The maximum atomic E-state index is 11.4. The highest BCUT2D eigenvalue weighted by molar-refractivity contribution is 6.34. The van der Waals surface area contributed by atoms with Crippen molar-refractivity contribution in [1.29, 1.82) is 0 Å². The van der Waals surface area contributed by atoms with Crippen molar-refractivity contribution in [3.05, 3.63) is 68.7 Å². The Morgan fingerprint density at radius 3 is 2.48 bits per heavy atom. The Labute approximate surface area is 125 Å². The highest BCUT2D eigenvalue weighted by Gasteiger charge is 2.12. The van der Waals surface area contributed by atoms with E-state index in [1.165, 1.54) is 12.1 Å². The number of hydrogen-bond acceptors (Lipinski definition) is 4. The summed E-state index contributed by atoms with van der Waals surface area (Å²) in [5.41, 5.74) is 6.90. The number of primary amides is 1. The van der Waals surface area contributed by atoms with Crippen LogP contribution in [0.3, 0.4) is 0 Å². The van der Waals surface area contributed by atoms with Gasteiger partial charge in [-0.25, -0.2) is 0 Å². The van der Waals surface area contributed by atoms with Gasteiger partial charge in [0.2, 0.25) is 0 Å². The van der Waals surface area contributed by atoms with Gasteiger partial charge in [0, 0.05) is 24.4 Å². The molecular formula is C14H12ClN3O3. The van der Waals surface area contributed by atoms with Crippen LogP contribution in [0.2, 0.25) is 5.02 Å². The third-order valence-electron chi connectivity index (χ3n) is 2.89. The van der Waals surface area contributed by atoms with E-state index in [1.807, 2.05) is 0 Å². The average molecular weight is 306 g/mol. The first-order valence-corrected chi connectivity index (χ1v) is 6.42. The summed E-state index contributed by atoms with van der Waals surface area (Å²) < 4.78 is 0. The molecule has 7 heteroatoms. The summed E-state index contributed by atoms with van der Waals surface area (Å²) in [6.45, 7) is 0.388. The summed E-state index contributed by atoms with van der Waals surface area (Å²) in [6.07, 6.45) is 0. The van der Waals surface area contributed by atoms with E-state index >= 15 is 0 Å². The molecule has 2 rings (SSSR count). The minimum Gasteiger partial charge on any atom is -0.380 e. The molecule has 0 saturated heterocycles. The quantitative estimate of drug-likeness (QED) is 0.655. The van der Waals surface area contributed by atoms with Crippen molar-refractivity contribution in [2.24, 2.45) is 5.73 Å². The number of nitrogens with two attached hydrogens (primary N) is 1. The monoisotopic (exact) mass is 305 g/mol. The predicted octanol–water partition coefficient (Wildman–Crippen LogP) is 2.96. The van der Waals surface area contributed by atoms with E-state index in [2.05, 4.69) is 5.32 Å². The highest BCUT2D eigenvalue weighted by Crippen LogP contribution is 2.24. The number of nitrogens with zero attached hydrogens (tertiary/aromatic N) is 1. The lowest BCUT2D eigenvalue weighted by Gasteiger charge is -2.11. The minimum absolute atomic E-state index is 0.0272. The van der Waals surface area contributed by atoms with Gasteiger partial charge in [0.05, 0.1) is 15.5 Å². The van der Waals surface area contributed by atoms with Gasteiger partial charge < -0.3 is 11.1 Å². The standard InChI is InChI=1S/C14H12ClN3O3/c15-11-2-1-3-12(13(11)14(16)19)17-8-9-4-6-10(7-5-9)18(20)21/h1-7,17H,8H2,(H2,16,19). The zero-order chi connectivity index (χ0) is 15.4. The summed E-state index contributed by atoms with van der Waals surface area (Å²) in [7, 11) is 0. The lowest BCUT2D eigenvalue weighted by Crippen LogP contribution is -2.15. The smallest absolute Gasteiger partial charge is 0.269 e. The van der Waals surface area contributed by atoms with Crippen LogP contribution in [0, 0.1) is 10.1 Å². The Balaban J connectivity index is 2.15. The third kappa shape index (κ3) is 3.49. The Kier molecular flexibility index (Phi) is 4.39. The number of rotatable bonds is 5. The molecule has 0 saturated carbocycles. The number of nitro benzene ring substituents is 1. The molecule has 1 amide bonds. The van der Waals surface area contributed by atoms with Crippen LogP contribution in [-0.4, -0.2) is 10.8 Å². The molecule has 21 heavy (non-hydrogen) atoms. The van der Waals surface area contributed by atoms with Crippen LogP contribution in [0.4, 0.5) is 11.4 Å². The summed E-state index contributed by atoms with van der Waals surface area (Å²) in [4.78, 5) is 21.5. The number of halogens is 1. The highest BCUT2D eigenvalue weighted by atomic mass is 35.5. The van der Waals surface area contributed by atoms with Crippen molar-refractivity contribution in [2.75, 3.05) is 5.32 Å². The van der Waals surface area contributed by atoms with Crippen molar-refractivity contribution in [1.82, 2.24) is 0 Å². The van der Waals surface area contributed by atoms with E-state index in [-0.39, 0.29) is 16.3 Å². The second-order valence-electron chi connectivity index (χ2n) is 4.30. The number of amides is 1. The number of nitro groups is 1. The van der Waals surface area contributed by atoms with E-state index in [1.54, 1.807) is 30.3 Å². The minimum atomic E-state index is -0.619. The normalized spacial score (nSPS) is 10.1. The molecule has 0 atom stereocenters. The maximum Gasteiger partial charge on any atom is 0.269 e. The number of hydrogen-bond donors (Lipinski definition) is 2. The van der Waals surface area contributed by atoms with Crippen molar-refractivity contribution >= 4 is 28.9 Å². The Hall–Kier alpha value is -2.60. The zero-order valence-electron chi connectivity index (χ0n) is 10.9. The van der Waals surface area contributed by atoms with Gasteiger partial charge in [-0.1, -0.05) is 29.8 Å². The molecule has 0 fully saturated rings. The summed E-state index contributed by atoms with van der Waals surface area (Å²) >= 11 is 5.95. The Morgan fingerprint density at radius 2 is 1.90 bits per heavy atom. The number of carbonyl (C=O) groups is 1. The number of anilines is 1. The number of non-ortho nitro benzene ring substituents is 1. The Bertz CT molecular complexity index is 686. The van der Waals surface area contributed by atoms with Gasteiger partial charge in [-0.15, -0.1) is 0 Å². The molecule has 6 nitrogen and oxygen atoms in total.